The third-order valence-electron chi connectivity index (χ3n) is 2.85. The fourth-order valence-corrected chi connectivity index (χ4v) is 1.69. The van der Waals surface area contributed by atoms with E-state index in [-0.39, 0.29) is 5.91 Å². The lowest BCUT2D eigenvalue weighted by atomic mass is 10.1. The molecule has 4 nitrogen and oxygen atoms in total. The third kappa shape index (κ3) is 7.59. The molecule has 0 radical (unpaired) electrons. The molecule has 19 heavy (non-hydrogen) atoms. The van der Waals surface area contributed by atoms with E-state index < -0.39 is 0 Å². The summed E-state index contributed by atoms with van der Waals surface area (Å²) in [5, 5.41) is 6.05. The summed E-state index contributed by atoms with van der Waals surface area (Å²) >= 11 is 0. The lowest BCUT2D eigenvalue weighted by molar-refractivity contribution is -0.120. The first kappa shape index (κ1) is 15.7. The molecule has 0 aliphatic carbocycles. The van der Waals surface area contributed by atoms with Crippen LogP contribution in [0.3, 0.4) is 0 Å². The maximum Gasteiger partial charge on any atom is 0.234 e. The van der Waals surface area contributed by atoms with E-state index in [1.165, 1.54) is 5.56 Å². The van der Waals surface area contributed by atoms with Gasteiger partial charge in [0, 0.05) is 6.54 Å². The van der Waals surface area contributed by atoms with Crippen molar-refractivity contribution in [2.75, 3.05) is 33.7 Å². The van der Waals surface area contributed by atoms with Gasteiger partial charge in [-0.3, -0.25) is 4.79 Å². The van der Waals surface area contributed by atoms with Gasteiger partial charge in [0.25, 0.3) is 0 Å². The summed E-state index contributed by atoms with van der Waals surface area (Å²) in [6.07, 6.45) is 1.05. The van der Waals surface area contributed by atoms with Gasteiger partial charge >= 0.3 is 0 Å². The molecule has 0 atom stereocenters. The Morgan fingerprint density at radius 3 is 2.53 bits per heavy atom. The number of carbonyl (C=O) groups is 1. The first-order valence-electron chi connectivity index (χ1n) is 6.75. The maximum atomic E-state index is 11.6. The van der Waals surface area contributed by atoms with Gasteiger partial charge < -0.3 is 15.5 Å². The summed E-state index contributed by atoms with van der Waals surface area (Å²) in [7, 11) is 4.10. The SMILES string of the molecule is Cc1ccc(CNC(=O)CNCCCN(C)C)cc1. The van der Waals surface area contributed by atoms with Crippen molar-refractivity contribution in [1.82, 2.24) is 15.5 Å². The van der Waals surface area contributed by atoms with Crippen LogP contribution >= 0.6 is 0 Å². The van der Waals surface area contributed by atoms with Crippen molar-refractivity contribution in [2.24, 2.45) is 0 Å². The molecular formula is C15H25N3O. The van der Waals surface area contributed by atoms with Crippen molar-refractivity contribution in [3.05, 3.63) is 35.4 Å². The predicted molar refractivity (Wildman–Crippen MR) is 79.1 cm³/mol. The lowest BCUT2D eigenvalue weighted by Gasteiger charge is -2.10. The average molecular weight is 263 g/mol. The highest BCUT2D eigenvalue weighted by Gasteiger charge is 2.00. The summed E-state index contributed by atoms with van der Waals surface area (Å²) in [5.74, 6) is 0.0467. The molecule has 0 heterocycles. The molecule has 106 valence electrons. The van der Waals surface area contributed by atoms with Crippen LogP contribution in [0.4, 0.5) is 0 Å². The molecule has 1 aromatic rings. The Morgan fingerprint density at radius 1 is 1.21 bits per heavy atom. The highest BCUT2D eigenvalue weighted by Crippen LogP contribution is 2.02. The highest BCUT2D eigenvalue weighted by molar-refractivity contribution is 5.77. The Kier molecular flexibility index (Phi) is 7.15. The summed E-state index contributed by atoms with van der Waals surface area (Å²) in [6, 6.07) is 8.20. The van der Waals surface area contributed by atoms with Gasteiger partial charge in [0.15, 0.2) is 0 Å². The third-order valence-corrected chi connectivity index (χ3v) is 2.85. The Labute approximate surface area is 116 Å². The molecule has 0 fully saturated rings. The number of benzene rings is 1. The standard InChI is InChI=1S/C15H25N3O/c1-13-5-7-14(8-6-13)11-17-15(19)12-16-9-4-10-18(2)3/h5-8,16H,4,9-12H2,1-3H3,(H,17,19). The molecule has 0 aliphatic heterocycles. The summed E-state index contributed by atoms with van der Waals surface area (Å²) < 4.78 is 0. The largest absolute Gasteiger partial charge is 0.351 e. The van der Waals surface area contributed by atoms with Gasteiger partial charge in [-0.25, -0.2) is 0 Å². The van der Waals surface area contributed by atoms with Crippen molar-refractivity contribution in [3.63, 3.8) is 0 Å². The van der Waals surface area contributed by atoms with E-state index in [9.17, 15) is 4.79 Å². The first-order chi connectivity index (χ1) is 9.08. The van der Waals surface area contributed by atoms with E-state index in [4.69, 9.17) is 0 Å². The molecule has 0 saturated carbocycles. The van der Waals surface area contributed by atoms with E-state index in [1.54, 1.807) is 0 Å². The van der Waals surface area contributed by atoms with E-state index in [1.807, 2.05) is 26.2 Å². The molecule has 0 aliphatic rings. The maximum absolute atomic E-state index is 11.6. The van der Waals surface area contributed by atoms with Gasteiger partial charge in [0.2, 0.25) is 5.91 Å². The molecule has 1 amide bonds. The van der Waals surface area contributed by atoms with Crippen molar-refractivity contribution in [3.8, 4) is 0 Å². The van der Waals surface area contributed by atoms with Crippen LogP contribution in [0.2, 0.25) is 0 Å². The first-order valence-corrected chi connectivity index (χ1v) is 6.75. The Bertz CT molecular complexity index is 373. The quantitative estimate of drug-likeness (QED) is 0.692. The Balaban J connectivity index is 2.09. The number of hydrogen-bond donors (Lipinski definition) is 2. The smallest absolute Gasteiger partial charge is 0.234 e. The second-order valence-electron chi connectivity index (χ2n) is 5.10. The number of nitrogens with one attached hydrogen (secondary N) is 2. The van der Waals surface area contributed by atoms with E-state index in [0.717, 1.165) is 25.1 Å². The van der Waals surface area contributed by atoms with Crippen LogP contribution in [0.25, 0.3) is 0 Å². The molecule has 0 spiro atoms. The zero-order chi connectivity index (χ0) is 14.1. The number of hydrogen-bond acceptors (Lipinski definition) is 3. The number of aryl methyl sites for hydroxylation is 1. The van der Waals surface area contributed by atoms with Gasteiger partial charge in [-0.2, -0.15) is 0 Å². The molecule has 2 N–H and O–H groups in total. The van der Waals surface area contributed by atoms with Crippen LogP contribution in [-0.4, -0.2) is 44.5 Å². The molecule has 0 bridgehead atoms. The zero-order valence-electron chi connectivity index (χ0n) is 12.2. The van der Waals surface area contributed by atoms with Crippen LogP contribution in [0.5, 0.6) is 0 Å². The van der Waals surface area contributed by atoms with Crippen molar-refractivity contribution in [1.29, 1.82) is 0 Å². The second-order valence-corrected chi connectivity index (χ2v) is 5.10. The van der Waals surface area contributed by atoms with E-state index in [0.29, 0.717) is 13.1 Å². The lowest BCUT2D eigenvalue weighted by Crippen LogP contribution is -2.34. The predicted octanol–water partition coefficient (Wildman–Crippen LogP) is 1.15. The topological polar surface area (TPSA) is 44.4 Å². The highest BCUT2D eigenvalue weighted by atomic mass is 16.1. The monoisotopic (exact) mass is 263 g/mol. The minimum Gasteiger partial charge on any atom is -0.351 e. The van der Waals surface area contributed by atoms with Crippen LogP contribution in [0.1, 0.15) is 17.5 Å². The minimum atomic E-state index is 0.0467. The van der Waals surface area contributed by atoms with Crippen LogP contribution in [0.15, 0.2) is 24.3 Å². The molecule has 4 heteroatoms. The van der Waals surface area contributed by atoms with Crippen molar-refractivity contribution in [2.45, 2.75) is 19.9 Å². The van der Waals surface area contributed by atoms with Crippen molar-refractivity contribution >= 4 is 5.91 Å². The fraction of sp³-hybridized carbons (Fsp3) is 0.533. The second kappa shape index (κ2) is 8.67. The van der Waals surface area contributed by atoms with Crippen LogP contribution in [-0.2, 0) is 11.3 Å². The van der Waals surface area contributed by atoms with E-state index in [2.05, 4.69) is 34.6 Å². The molecule has 0 saturated heterocycles. The fourth-order valence-electron chi connectivity index (χ4n) is 1.69. The number of nitrogens with zero attached hydrogens (tertiary/aromatic N) is 1. The molecular weight excluding hydrogens is 238 g/mol. The summed E-state index contributed by atoms with van der Waals surface area (Å²) in [4.78, 5) is 13.7. The number of rotatable bonds is 8. The summed E-state index contributed by atoms with van der Waals surface area (Å²) in [5.41, 5.74) is 2.36. The van der Waals surface area contributed by atoms with Gasteiger partial charge in [-0.1, -0.05) is 29.8 Å². The normalized spacial score (nSPS) is 10.7. The average Bonchev–Trinajstić information content (AvgIpc) is 2.37. The Morgan fingerprint density at radius 2 is 1.89 bits per heavy atom. The molecule has 1 aromatic carbocycles. The zero-order valence-corrected chi connectivity index (χ0v) is 12.2. The Hall–Kier alpha value is -1.39. The van der Waals surface area contributed by atoms with Crippen LogP contribution in [0, 0.1) is 6.92 Å². The van der Waals surface area contributed by atoms with Crippen molar-refractivity contribution < 1.29 is 4.79 Å². The minimum absolute atomic E-state index is 0.0467. The summed E-state index contributed by atoms with van der Waals surface area (Å²) in [6.45, 7) is 4.95. The van der Waals surface area contributed by atoms with E-state index >= 15 is 0 Å². The number of amides is 1. The van der Waals surface area contributed by atoms with Gasteiger partial charge in [-0.05, 0) is 46.1 Å². The van der Waals surface area contributed by atoms with Gasteiger partial charge in [-0.15, -0.1) is 0 Å². The molecule has 0 aromatic heterocycles. The van der Waals surface area contributed by atoms with Gasteiger partial charge in [0.1, 0.15) is 0 Å². The number of carbonyl (C=O) groups excluding carboxylic acids is 1. The molecule has 0 unspecified atom stereocenters. The van der Waals surface area contributed by atoms with Crippen LogP contribution < -0.4 is 10.6 Å². The molecule has 1 rings (SSSR count). The van der Waals surface area contributed by atoms with Gasteiger partial charge in [0.05, 0.1) is 6.54 Å².